The number of nitrogens with zero attached hydrogens (tertiary/aromatic N) is 2. The second-order valence-corrected chi connectivity index (χ2v) is 5.27. The number of allylic oxidation sites excluding steroid dienone is 14. The molecule has 0 saturated heterocycles. The van der Waals surface area contributed by atoms with Crippen LogP contribution in [0.4, 0.5) is 0 Å². The summed E-state index contributed by atoms with van der Waals surface area (Å²) in [5, 5.41) is 0. The van der Waals surface area contributed by atoms with Gasteiger partial charge < -0.3 is 0 Å². The van der Waals surface area contributed by atoms with Crippen LogP contribution in [0.2, 0.25) is 0 Å². The van der Waals surface area contributed by atoms with Gasteiger partial charge in [0.05, 0.1) is 22.8 Å². The maximum atomic E-state index is 4.83. The Hall–Kier alpha value is -2.74. The van der Waals surface area contributed by atoms with Crippen molar-refractivity contribution in [1.82, 2.24) is 0 Å². The minimum Gasteiger partial charge on any atom is -0.247 e. The van der Waals surface area contributed by atoms with E-state index in [4.69, 9.17) is 9.98 Å². The fourth-order valence-electron chi connectivity index (χ4n) is 2.47. The molecule has 2 rings (SSSR count). The second kappa shape index (κ2) is 8.78. The average molecular weight is 316 g/mol. The fourth-order valence-corrected chi connectivity index (χ4v) is 2.47. The molecule has 0 amide bonds. The molecule has 2 heteroatoms. The Morgan fingerprint density at radius 1 is 0.625 bits per heavy atom. The first-order chi connectivity index (χ1) is 11.7. The van der Waals surface area contributed by atoms with Crippen LogP contribution in [0.3, 0.4) is 0 Å². The van der Waals surface area contributed by atoms with E-state index in [9.17, 15) is 0 Å². The molecular formula is C22H24N2. The first-order valence-corrected chi connectivity index (χ1v) is 8.26. The molecule has 0 spiro atoms. The third-order valence-corrected chi connectivity index (χ3v) is 3.79. The summed E-state index contributed by atoms with van der Waals surface area (Å²) in [6, 6.07) is 0. The molecule has 0 atom stereocenters. The SMILES string of the molecule is CC=C(N=C1C=CC=C/C1=C/C)C(=C/C)/N=C1/C=CC=C/C1=C/C. The fraction of sp³-hybridized carbons (Fsp3) is 0.182. The molecule has 0 unspecified atom stereocenters. The van der Waals surface area contributed by atoms with Crippen molar-refractivity contribution < 1.29 is 0 Å². The van der Waals surface area contributed by atoms with Gasteiger partial charge in [-0.3, -0.25) is 0 Å². The first kappa shape index (κ1) is 17.6. The van der Waals surface area contributed by atoms with Gasteiger partial charge in [0.1, 0.15) is 0 Å². The molecule has 24 heavy (non-hydrogen) atoms. The van der Waals surface area contributed by atoms with Crippen LogP contribution in [-0.4, -0.2) is 11.4 Å². The van der Waals surface area contributed by atoms with Crippen LogP contribution >= 0.6 is 0 Å². The van der Waals surface area contributed by atoms with E-state index in [-0.39, 0.29) is 0 Å². The van der Waals surface area contributed by atoms with Gasteiger partial charge in [0.15, 0.2) is 0 Å². The Balaban J connectivity index is 2.39. The quantitative estimate of drug-likeness (QED) is 0.586. The highest BCUT2D eigenvalue weighted by molar-refractivity contribution is 6.13. The lowest BCUT2D eigenvalue weighted by molar-refractivity contribution is 1.21. The van der Waals surface area contributed by atoms with Crippen molar-refractivity contribution in [2.45, 2.75) is 27.7 Å². The summed E-state index contributed by atoms with van der Waals surface area (Å²) < 4.78 is 0. The van der Waals surface area contributed by atoms with E-state index in [1.807, 2.05) is 76.3 Å². The van der Waals surface area contributed by atoms with Gasteiger partial charge in [-0.25, -0.2) is 9.98 Å². The normalized spacial score (nSPS) is 24.8. The van der Waals surface area contributed by atoms with Crippen LogP contribution in [0, 0.1) is 0 Å². The highest BCUT2D eigenvalue weighted by Gasteiger charge is 2.09. The summed E-state index contributed by atoms with van der Waals surface area (Å²) in [5.41, 5.74) is 5.90. The molecule has 2 aliphatic carbocycles. The van der Waals surface area contributed by atoms with E-state index in [2.05, 4.69) is 24.3 Å². The predicted molar refractivity (Wildman–Crippen MR) is 106 cm³/mol. The van der Waals surface area contributed by atoms with Crippen molar-refractivity contribution in [2.24, 2.45) is 9.98 Å². The molecule has 0 aromatic rings. The molecule has 0 aromatic carbocycles. The smallest absolute Gasteiger partial charge is 0.0847 e. The van der Waals surface area contributed by atoms with E-state index in [1.54, 1.807) is 0 Å². The summed E-state index contributed by atoms with van der Waals surface area (Å²) in [5.74, 6) is 0. The van der Waals surface area contributed by atoms with Crippen LogP contribution in [0.15, 0.2) is 105 Å². The van der Waals surface area contributed by atoms with E-state index >= 15 is 0 Å². The van der Waals surface area contributed by atoms with Gasteiger partial charge >= 0.3 is 0 Å². The minimum absolute atomic E-state index is 0.873. The van der Waals surface area contributed by atoms with Crippen molar-refractivity contribution >= 4 is 11.4 Å². The Morgan fingerprint density at radius 2 is 1.00 bits per heavy atom. The third-order valence-electron chi connectivity index (χ3n) is 3.79. The van der Waals surface area contributed by atoms with Crippen LogP contribution in [-0.2, 0) is 0 Å². The van der Waals surface area contributed by atoms with Crippen molar-refractivity contribution in [3.05, 3.63) is 95.5 Å². The van der Waals surface area contributed by atoms with Crippen molar-refractivity contribution in [2.75, 3.05) is 0 Å². The van der Waals surface area contributed by atoms with E-state index < -0.39 is 0 Å². The number of rotatable bonds is 3. The third kappa shape index (κ3) is 4.17. The summed E-state index contributed by atoms with van der Waals surface area (Å²) in [6.07, 6.45) is 24.4. The molecule has 122 valence electrons. The zero-order valence-electron chi connectivity index (χ0n) is 14.8. The van der Waals surface area contributed by atoms with E-state index in [1.165, 1.54) is 0 Å². The summed E-state index contributed by atoms with van der Waals surface area (Å²) in [4.78, 5) is 9.66. The molecule has 2 nitrogen and oxygen atoms in total. The van der Waals surface area contributed by atoms with Gasteiger partial charge in [-0.2, -0.15) is 0 Å². The summed E-state index contributed by atoms with van der Waals surface area (Å²) >= 11 is 0. The van der Waals surface area contributed by atoms with Gasteiger partial charge in [-0.05, 0) is 51.0 Å². The van der Waals surface area contributed by atoms with Gasteiger partial charge in [0.2, 0.25) is 0 Å². The average Bonchev–Trinajstić information content (AvgIpc) is 2.65. The molecule has 0 N–H and O–H groups in total. The maximum absolute atomic E-state index is 4.83. The lowest BCUT2D eigenvalue weighted by Gasteiger charge is -2.11. The molecule has 0 aliphatic heterocycles. The summed E-state index contributed by atoms with van der Waals surface area (Å²) in [6.45, 7) is 8.04. The van der Waals surface area contributed by atoms with Crippen LogP contribution in [0.1, 0.15) is 27.7 Å². The minimum atomic E-state index is 0.873. The number of hydrogen-bond donors (Lipinski definition) is 0. The van der Waals surface area contributed by atoms with Crippen LogP contribution in [0.25, 0.3) is 0 Å². The Labute approximate surface area is 145 Å². The Bertz CT molecular complexity index is 718. The van der Waals surface area contributed by atoms with Gasteiger partial charge in [0.25, 0.3) is 0 Å². The molecule has 2 aliphatic rings. The van der Waals surface area contributed by atoms with Crippen LogP contribution < -0.4 is 0 Å². The topological polar surface area (TPSA) is 24.7 Å². The van der Waals surface area contributed by atoms with Gasteiger partial charge in [-0.15, -0.1) is 0 Å². The summed E-state index contributed by atoms with van der Waals surface area (Å²) in [7, 11) is 0. The largest absolute Gasteiger partial charge is 0.247 e. The van der Waals surface area contributed by atoms with E-state index in [0.29, 0.717) is 0 Å². The lowest BCUT2D eigenvalue weighted by atomic mass is 10.0. The first-order valence-electron chi connectivity index (χ1n) is 8.26. The standard InChI is InChI=1S/C22H24N2/c1-5-17-13-9-11-15-21(17)23-19(7-3)20(8-4)24-22-16-12-10-14-18(22)6-2/h5-16H,1-4H3/b17-5-,18-6-,19-7-,20-8?,23-21-,24-22?. The van der Waals surface area contributed by atoms with Crippen LogP contribution in [0.5, 0.6) is 0 Å². The van der Waals surface area contributed by atoms with Crippen molar-refractivity contribution in [1.29, 1.82) is 0 Å². The zero-order chi connectivity index (χ0) is 17.4. The highest BCUT2D eigenvalue weighted by Crippen LogP contribution is 2.20. The maximum Gasteiger partial charge on any atom is 0.0847 e. The Morgan fingerprint density at radius 3 is 1.33 bits per heavy atom. The zero-order valence-corrected chi connectivity index (χ0v) is 14.8. The lowest BCUT2D eigenvalue weighted by Crippen LogP contribution is -2.04. The monoisotopic (exact) mass is 316 g/mol. The molecule has 0 radical (unpaired) electrons. The molecule has 0 saturated carbocycles. The molecule has 0 heterocycles. The number of hydrogen-bond acceptors (Lipinski definition) is 2. The molecule has 0 aromatic heterocycles. The predicted octanol–water partition coefficient (Wildman–Crippen LogP) is 5.82. The number of aliphatic imine (C=N–C) groups is 2. The van der Waals surface area contributed by atoms with Crippen molar-refractivity contribution in [3.63, 3.8) is 0 Å². The molecule has 0 bridgehead atoms. The Kier molecular flexibility index (Phi) is 6.44. The molecule has 0 fully saturated rings. The van der Waals surface area contributed by atoms with Crippen molar-refractivity contribution in [3.8, 4) is 0 Å². The van der Waals surface area contributed by atoms with Gasteiger partial charge in [-0.1, -0.05) is 60.8 Å². The van der Waals surface area contributed by atoms with E-state index in [0.717, 1.165) is 34.0 Å². The second-order valence-electron chi connectivity index (χ2n) is 5.27. The molecular weight excluding hydrogens is 292 g/mol. The van der Waals surface area contributed by atoms with Gasteiger partial charge in [0, 0.05) is 0 Å². The highest BCUT2D eigenvalue weighted by atomic mass is 14.9.